The Labute approximate surface area is 116 Å². The second-order valence-corrected chi connectivity index (χ2v) is 4.20. The number of benzene rings is 1. The lowest BCUT2D eigenvalue weighted by atomic mass is 10.3. The molecule has 0 saturated carbocycles. The molecule has 0 amide bonds. The van der Waals surface area contributed by atoms with E-state index < -0.39 is 0 Å². The molecule has 0 fully saturated rings. The van der Waals surface area contributed by atoms with E-state index in [4.69, 9.17) is 4.74 Å². The smallest absolute Gasteiger partial charge is 0.213 e. The van der Waals surface area contributed by atoms with Crippen LogP contribution < -0.4 is 10.1 Å². The summed E-state index contributed by atoms with van der Waals surface area (Å²) < 4.78 is 6.84. The van der Waals surface area contributed by atoms with Gasteiger partial charge in [0.1, 0.15) is 0 Å². The molecule has 5 nitrogen and oxygen atoms in total. The molecular weight excluding hydrogens is 252 g/mol. The quantitative estimate of drug-likeness (QED) is 0.788. The first-order valence-electron chi connectivity index (χ1n) is 6.23. The molecule has 2 heterocycles. The summed E-state index contributed by atoms with van der Waals surface area (Å²) in [6.45, 7) is 0. The maximum atomic E-state index is 5.02. The highest BCUT2D eigenvalue weighted by molar-refractivity contribution is 5.55. The molecule has 0 saturated heterocycles. The Morgan fingerprint density at radius 2 is 1.90 bits per heavy atom. The first-order valence-corrected chi connectivity index (χ1v) is 6.23. The minimum atomic E-state index is 0.588. The van der Waals surface area contributed by atoms with Gasteiger partial charge in [0.15, 0.2) is 5.82 Å². The summed E-state index contributed by atoms with van der Waals surface area (Å²) in [5, 5.41) is 7.66. The number of nitrogens with zero attached hydrogens (tertiary/aromatic N) is 3. The van der Waals surface area contributed by atoms with Crippen molar-refractivity contribution in [3.63, 3.8) is 0 Å². The van der Waals surface area contributed by atoms with Crippen LogP contribution in [0.5, 0.6) is 5.88 Å². The maximum absolute atomic E-state index is 5.02. The third-order valence-electron chi connectivity index (χ3n) is 2.83. The lowest BCUT2D eigenvalue weighted by Gasteiger charge is -2.04. The van der Waals surface area contributed by atoms with E-state index in [2.05, 4.69) is 15.4 Å². The second-order valence-electron chi connectivity index (χ2n) is 4.20. The molecule has 0 aliphatic rings. The summed E-state index contributed by atoms with van der Waals surface area (Å²) in [6.07, 6.45) is 3.62. The molecular formula is C15H14N4O. The van der Waals surface area contributed by atoms with Gasteiger partial charge in [0.2, 0.25) is 5.88 Å². The Balaban J connectivity index is 1.77. The zero-order valence-electron chi connectivity index (χ0n) is 11.0. The lowest BCUT2D eigenvalue weighted by molar-refractivity contribution is 0.398. The Morgan fingerprint density at radius 3 is 2.60 bits per heavy atom. The van der Waals surface area contributed by atoms with E-state index in [9.17, 15) is 0 Å². The minimum Gasteiger partial charge on any atom is -0.481 e. The maximum Gasteiger partial charge on any atom is 0.213 e. The number of rotatable bonds is 4. The van der Waals surface area contributed by atoms with Gasteiger partial charge >= 0.3 is 0 Å². The van der Waals surface area contributed by atoms with Gasteiger partial charge in [-0.1, -0.05) is 18.2 Å². The average molecular weight is 266 g/mol. The van der Waals surface area contributed by atoms with E-state index >= 15 is 0 Å². The van der Waals surface area contributed by atoms with Crippen LogP contribution in [0, 0.1) is 0 Å². The number of nitrogens with one attached hydrogen (secondary N) is 1. The molecule has 0 bridgehead atoms. The molecule has 20 heavy (non-hydrogen) atoms. The summed E-state index contributed by atoms with van der Waals surface area (Å²) >= 11 is 0. The molecule has 2 aromatic heterocycles. The van der Waals surface area contributed by atoms with Gasteiger partial charge in [-0.25, -0.2) is 9.67 Å². The lowest BCUT2D eigenvalue weighted by Crippen LogP contribution is -1.97. The van der Waals surface area contributed by atoms with Crippen LogP contribution in [0.4, 0.5) is 11.5 Å². The van der Waals surface area contributed by atoms with Gasteiger partial charge in [0.05, 0.1) is 24.7 Å². The summed E-state index contributed by atoms with van der Waals surface area (Å²) in [7, 11) is 1.59. The summed E-state index contributed by atoms with van der Waals surface area (Å²) in [5.74, 6) is 1.35. The Bertz CT molecular complexity index is 677. The van der Waals surface area contributed by atoms with Gasteiger partial charge in [0.25, 0.3) is 0 Å². The fourth-order valence-electron chi connectivity index (χ4n) is 1.84. The average Bonchev–Trinajstić information content (AvgIpc) is 2.97. The molecule has 0 spiro atoms. The van der Waals surface area contributed by atoms with Crippen molar-refractivity contribution in [3.05, 3.63) is 60.9 Å². The van der Waals surface area contributed by atoms with Crippen molar-refractivity contribution in [1.29, 1.82) is 0 Å². The van der Waals surface area contributed by atoms with E-state index in [1.54, 1.807) is 19.4 Å². The SMILES string of the molecule is COc1ccc(Nc2ccn(-c3ccccc3)n2)cn1. The molecule has 100 valence electrons. The molecule has 3 rings (SSSR count). The Hall–Kier alpha value is -2.82. The molecule has 0 atom stereocenters. The number of pyridine rings is 1. The fraction of sp³-hybridized carbons (Fsp3) is 0.0667. The molecule has 5 heteroatoms. The van der Waals surface area contributed by atoms with Gasteiger partial charge in [-0.15, -0.1) is 0 Å². The van der Waals surface area contributed by atoms with Gasteiger partial charge in [-0.05, 0) is 18.2 Å². The van der Waals surface area contributed by atoms with Crippen molar-refractivity contribution in [2.45, 2.75) is 0 Å². The van der Waals surface area contributed by atoms with Crippen LogP contribution in [0.25, 0.3) is 5.69 Å². The summed E-state index contributed by atoms with van der Waals surface area (Å²) in [6, 6.07) is 15.6. The third kappa shape index (κ3) is 2.61. The van der Waals surface area contributed by atoms with Gasteiger partial charge < -0.3 is 10.1 Å². The van der Waals surface area contributed by atoms with E-state index in [-0.39, 0.29) is 0 Å². The summed E-state index contributed by atoms with van der Waals surface area (Å²) in [5.41, 5.74) is 1.89. The van der Waals surface area contributed by atoms with Gasteiger partial charge in [0, 0.05) is 18.3 Å². The first kappa shape index (κ1) is 12.2. The molecule has 3 aromatic rings. The fourth-order valence-corrected chi connectivity index (χ4v) is 1.84. The monoisotopic (exact) mass is 266 g/mol. The number of hydrogen-bond acceptors (Lipinski definition) is 4. The molecule has 0 radical (unpaired) electrons. The first-order chi connectivity index (χ1) is 9.85. The highest BCUT2D eigenvalue weighted by atomic mass is 16.5. The van der Waals surface area contributed by atoms with Crippen LogP contribution in [0.3, 0.4) is 0 Å². The van der Waals surface area contributed by atoms with Crippen LogP contribution in [-0.4, -0.2) is 21.9 Å². The number of anilines is 2. The van der Waals surface area contributed by atoms with Gasteiger partial charge in [-0.2, -0.15) is 5.10 Å². The Kier molecular flexibility index (Phi) is 3.33. The number of para-hydroxylation sites is 1. The molecule has 0 aliphatic heterocycles. The molecule has 1 N–H and O–H groups in total. The summed E-state index contributed by atoms with van der Waals surface area (Å²) in [4.78, 5) is 4.14. The number of aromatic nitrogens is 3. The van der Waals surface area contributed by atoms with Crippen molar-refractivity contribution in [2.75, 3.05) is 12.4 Å². The van der Waals surface area contributed by atoms with E-state index in [1.165, 1.54) is 0 Å². The topological polar surface area (TPSA) is 52.0 Å². The predicted molar refractivity (Wildman–Crippen MR) is 77.6 cm³/mol. The zero-order valence-corrected chi connectivity index (χ0v) is 11.0. The van der Waals surface area contributed by atoms with Gasteiger partial charge in [-0.3, -0.25) is 0 Å². The van der Waals surface area contributed by atoms with E-state index in [1.807, 2.05) is 53.3 Å². The number of methoxy groups -OCH3 is 1. The van der Waals surface area contributed by atoms with Crippen molar-refractivity contribution in [2.24, 2.45) is 0 Å². The van der Waals surface area contributed by atoms with Crippen LogP contribution in [0.1, 0.15) is 0 Å². The third-order valence-corrected chi connectivity index (χ3v) is 2.83. The van der Waals surface area contributed by atoms with Crippen LogP contribution in [0.2, 0.25) is 0 Å². The second kappa shape index (κ2) is 5.44. The number of ether oxygens (including phenoxy) is 1. The zero-order chi connectivity index (χ0) is 13.8. The van der Waals surface area contributed by atoms with E-state index in [0.717, 1.165) is 17.2 Å². The standard InChI is InChI=1S/C15H14N4O/c1-20-15-8-7-12(11-16-15)17-14-9-10-19(18-14)13-5-3-2-4-6-13/h2-11H,1H3,(H,17,18). The highest BCUT2D eigenvalue weighted by Crippen LogP contribution is 2.17. The largest absolute Gasteiger partial charge is 0.481 e. The van der Waals surface area contributed by atoms with Crippen LogP contribution in [0.15, 0.2) is 60.9 Å². The minimum absolute atomic E-state index is 0.588. The van der Waals surface area contributed by atoms with E-state index in [0.29, 0.717) is 5.88 Å². The Morgan fingerprint density at radius 1 is 1.05 bits per heavy atom. The molecule has 1 aromatic carbocycles. The highest BCUT2D eigenvalue weighted by Gasteiger charge is 2.02. The molecule has 0 aliphatic carbocycles. The van der Waals surface area contributed by atoms with Crippen molar-refractivity contribution >= 4 is 11.5 Å². The number of hydrogen-bond donors (Lipinski definition) is 1. The van der Waals surface area contributed by atoms with Crippen LogP contribution >= 0.6 is 0 Å². The molecule has 0 unspecified atom stereocenters. The predicted octanol–water partition coefficient (Wildman–Crippen LogP) is 3.02. The van der Waals surface area contributed by atoms with Crippen molar-refractivity contribution in [1.82, 2.24) is 14.8 Å². The van der Waals surface area contributed by atoms with Crippen LogP contribution in [-0.2, 0) is 0 Å². The normalized spacial score (nSPS) is 10.2. The van der Waals surface area contributed by atoms with Crippen molar-refractivity contribution < 1.29 is 4.74 Å². The van der Waals surface area contributed by atoms with Crippen molar-refractivity contribution in [3.8, 4) is 11.6 Å².